The van der Waals surface area contributed by atoms with E-state index in [1.165, 1.54) is 0 Å². The zero-order chi connectivity index (χ0) is 22.7. The van der Waals surface area contributed by atoms with Crippen LogP contribution in [0.15, 0.2) is 30.3 Å². The molecule has 1 fully saturated rings. The summed E-state index contributed by atoms with van der Waals surface area (Å²) in [6.45, 7) is 4.78. The maximum absolute atomic E-state index is 9.25. The highest BCUT2D eigenvalue weighted by molar-refractivity contribution is 5.93. The van der Waals surface area contributed by atoms with Crippen molar-refractivity contribution < 1.29 is 9.47 Å². The summed E-state index contributed by atoms with van der Waals surface area (Å²) in [6, 6.07) is 11.4. The summed E-state index contributed by atoms with van der Waals surface area (Å²) in [6.07, 6.45) is 1.04. The number of nitrogen functional groups attached to an aromatic ring is 1. The minimum Gasteiger partial charge on any atom is -0.493 e. The molecule has 1 unspecified atom stereocenters. The number of ether oxygens (including phenoxy) is 2. The molecule has 0 spiro atoms. The average Bonchev–Trinajstić information content (AvgIpc) is 3.25. The molecule has 9 heteroatoms. The van der Waals surface area contributed by atoms with E-state index in [1.54, 1.807) is 32.4 Å². The number of aromatic nitrogens is 2. The van der Waals surface area contributed by atoms with E-state index < -0.39 is 0 Å². The molecule has 0 amide bonds. The lowest BCUT2D eigenvalue weighted by atomic mass is 10.2. The highest BCUT2D eigenvalue weighted by atomic mass is 16.5. The van der Waals surface area contributed by atoms with Crippen molar-refractivity contribution in [2.45, 2.75) is 19.4 Å². The zero-order valence-corrected chi connectivity index (χ0v) is 18.5. The van der Waals surface area contributed by atoms with Crippen LogP contribution in [0.25, 0.3) is 10.9 Å². The monoisotopic (exact) mass is 433 g/mol. The molecule has 3 aromatic rings. The lowest BCUT2D eigenvalue weighted by molar-refractivity contribution is 0.356. The Morgan fingerprint density at radius 3 is 2.66 bits per heavy atom. The summed E-state index contributed by atoms with van der Waals surface area (Å²) in [5.74, 6) is 2.46. The lowest BCUT2D eigenvalue weighted by Gasteiger charge is -2.21. The first-order valence-corrected chi connectivity index (χ1v) is 10.5. The molecule has 4 N–H and O–H groups in total. The van der Waals surface area contributed by atoms with Crippen molar-refractivity contribution in [1.29, 1.82) is 5.26 Å². The number of anilines is 4. The van der Waals surface area contributed by atoms with E-state index in [1.807, 2.05) is 12.1 Å². The lowest BCUT2D eigenvalue weighted by Crippen LogP contribution is -2.32. The second kappa shape index (κ2) is 9.16. The van der Waals surface area contributed by atoms with Crippen molar-refractivity contribution in [2.75, 3.05) is 49.8 Å². The predicted octanol–water partition coefficient (Wildman–Crippen LogP) is 3.03. The Morgan fingerprint density at radius 1 is 1.16 bits per heavy atom. The van der Waals surface area contributed by atoms with E-state index in [0.29, 0.717) is 40.4 Å². The van der Waals surface area contributed by atoms with Gasteiger partial charge in [0.05, 0.1) is 31.4 Å². The van der Waals surface area contributed by atoms with Gasteiger partial charge >= 0.3 is 0 Å². The van der Waals surface area contributed by atoms with E-state index in [4.69, 9.17) is 25.2 Å². The SMILES string of the molecule is CCNC1CCN(c2nc(Nc3cc(N)cc(C#N)c3)nc3cc(OC)c(OC)cc23)C1. The number of rotatable bonds is 7. The van der Waals surface area contributed by atoms with Crippen molar-refractivity contribution >= 4 is 34.0 Å². The van der Waals surface area contributed by atoms with Gasteiger partial charge in [-0.1, -0.05) is 6.92 Å². The molecule has 9 nitrogen and oxygen atoms in total. The van der Waals surface area contributed by atoms with E-state index in [0.717, 1.165) is 42.8 Å². The number of nitrogens with two attached hydrogens (primary N) is 1. The standard InChI is InChI=1S/C23H27N7O2/c1-4-26-16-5-6-30(13-16)22-18-10-20(31-2)21(32-3)11-19(18)28-23(29-22)27-17-8-14(12-24)7-15(25)9-17/h7-11,16,26H,4-6,13,25H2,1-3H3,(H,27,28,29). The first-order chi connectivity index (χ1) is 15.5. The van der Waals surface area contributed by atoms with Crippen LogP contribution in [-0.2, 0) is 0 Å². The van der Waals surface area contributed by atoms with Crippen molar-refractivity contribution in [3.63, 3.8) is 0 Å². The Morgan fingerprint density at radius 2 is 1.94 bits per heavy atom. The number of likely N-dealkylation sites (N-methyl/N-ethyl adjacent to an activating group) is 1. The van der Waals surface area contributed by atoms with Gasteiger partial charge in [0.15, 0.2) is 11.5 Å². The molecule has 2 aromatic carbocycles. The third kappa shape index (κ3) is 4.31. The number of fused-ring (bicyclic) bond motifs is 1. The summed E-state index contributed by atoms with van der Waals surface area (Å²) >= 11 is 0. The van der Waals surface area contributed by atoms with Crippen LogP contribution in [0.1, 0.15) is 18.9 Å². The molecule has 1 aromatic heterocycles. The van der Waals surface area contributed by atoms with Crippen LogP contribution in [0.5, 0.6) is 11.5 Å². The van der Waals surface area contributed by atoms with E-state index >= 15 is 0 Å². The van der Waals surface area contributed by atoms with Crippen LogP contribution in [0, 0.1) is 11.3 Å². The van der Waals surface area contributed by atoms with Crippen molar-refractivity contribution in [1.82, 2.24) is 15.3 Å². The molecule has 1 aliphatic heterocycles. The van der Waals surface area contributed by atoms with E-state index in [2.05, 4.69) is 28.5 Å². The van der Waals surface area contributed by atoms with E-state index in [-0.39, 0.29) is 0 Å². The minimum absolute atomic E-state index is 0.411. The fourth-order valence-corrected chi connectivity index (χ4v) is 4.06. The number of nitrogens with zero attached hydrogens (tertiary/aromatic N) is 4. The van der Waals surface area contributed by atoms with Crippen LogP contribution < -0.4 is 30.7 Å². The van der Waals surface area contributed by atoms with Crippen LogP contribution in [0.2, 0.25) is 0 Å². The van der Waals surface area contributed by atoms with Crippen molar-refractivity contribution in [3.8, 4) is 17.6 Å². The number of nitrogens with one attached hydrogen (secondary N) is 2. The highest BCUT2D eigenvalue weighted by Crippen LogP contribution is 2.37. The number of hydrogen-bond acceptors (Lipinski definition) is 9. The molecular formula is C23H27N7O2. The van der Waals surface area contributed by atoms with Gasteiger partial charge < -0.3 is 30.7 Å². The summed E-state index contributed by atoms with van der Waals surface area (Å²) in [7, 11) is 3.21. The summed E-state index contributed by atoms with van der Waals surface area (Å²) in [5.41, 5.74) is 8.28. The molecule has 0 aliphatic carbocycles. The first kappa shape index (κ1) is 21.5. The van der Waals surface area contributed by atoms with Gasteiger partial charge in [-0.2, -0.15) is 10.2 Å². The summed E-state index contributed by atoms with van der Waals surface area (Å²) in [5, 5.41) is 16.9. The molecule has 4 rings (SSSR count). The van der Waals surface area contributed by atoms with Gasteiger partial charge in [0.1, 0.15) is 5.82 Å². The Balaban J connectivity index is 1.80. The molecular weight excluding hydrogens is 406 g/mol. The summed E-state index contributed by atoms with van der Waals surface area (Å²) in [4.78, 5) is 11.8. The number of methoxy groups -OCH3 is 2. The molecule has 0 saturated carbocycles. The smallest absolute Gasteiger partial charge is 0.229 e. The fraction of sp³-hybridized carbons (Fsp3) is 0.348. The van der Waals surface area contributed by atoms with Gasteiger partial charge in [-0.3, -0.25) is 0 Å². The second-order valence-electron chi connectivity index (χ2n) is 7.66. The van der Waals surface area contributed by atoms with Crippen LogP contribution >= 0.6 is 0 Å². The van der Waals surface area contributed by atoms with Gasteiger partial charge in [-0.15, -0.1) is 0 Å². The Labute approximate surface area is 187 Å². The van der Waals surface area contributed by atoms with Crippen molar-refractivity contribution in [3.05, 3.63) is 35.9 Å². The van der Waals surface area contributed by atoms with Crippen molar-refractivity contribution in [2.24, 2.45) is 0 Å². The maximum Gasteiger partial charge on any atom is 0.229 e. The van der Waals surface area contributed by atoms with Gasteiger partial charge in [0, 0.05) is 42.0 Å². The Bertz CT molecular complexity index is 1180. The van der Waals surface area contributed by atoms with E-state index in [9.17, 15) is 5.26 Å². The predicted molar refractivity (Wildman–Crippen MR) is 126 cm³/mol. The maximum atomic E-state index is 9.25. The van der Waals surface area contributed by atoms with Gasteiger partial charge in [0.25, 0.3) is 0 Å². The number of hydrogen-bond donors (Lipinski definition) is 3. The second-order valence-corrected chi connectivity index (χ2v) is 7.66. The third-order valence-corrected chi connectivity index (χ3v) is 5.50. The van der Waals surface area contributed by atoms with Crippen LogP contribution in [-0.4, -0.2) is 49.9 Å². The molecule has 166 valence electrons. The molecule has 1 atom stereocenters. The Hall–Kier alpha value is -3.77. The number of benzene rings is 2. The molecule has 0 bridgehead atoms. The molecule has 1 saturated heterocycles. The molecule has 1 aliphatic rings. The molecule has 0 radical (unpaired) electrons. The average molecular weight is 434 g/mol. The quantitative estimate of drug-likeness (QED) is 0.483. The largest absolute Gasteiger partial charge is 0.493 e. The van der Waals surface area contributed by atoms with Crippen LogP contribution in [0.3, 0.4) is 0 Å². The third-order valence-electron chi connectivity index (χ3n) is 5.50. The topological polar surface area (TPSA) is 121 Å². The Kier molecular flexibility index (Phi) is 6.14. The van der Waals surface area contributed by atoms with Gasteiger partial charge in [-0.25, -0.2) is 4.98 Å². The fourth-order valence-electron chi connectivity index (χ4n) is 4.06. The molecule has 32 heavy (non-hydrogen) atoms. The first-order valence-electron chi connectivity index (χ1n) is 10.5. The normalized spacial score (nSPS) is 15.6. The van der Waals surface area contributed by atoms with Gasteiger partial charge in [0.2, 0.25) is 5.95 Å². The minimum atomic E-state index is 0.411. The van der Waals surface area contributed by atoms with Gasteiger partial charge in [-0.05, 0) is 37.2 Å². The highest BCUT2D eigenvalue weighted by Gasteiger charge is 2.26. The number of nitriles is 1. The van der Waals surface area contributed by atoms with Crippen LogP contribution in [0.4, 0.5) is 23.1 Å². The zero-order valence-electron chi connectivity index (χ0n) is 18.5. The summed E-state index contributed by atoms with van der Waals surface area (Å²) < 4.78 is 11.0. The molecule has 2 heterocycles.